The van der Waals surface area contributed by atoms with Gasteiger partial charge in [-0.2, -0.15) is 0 Å². The summed E-state index contributed by atoms with van der Waals surface area (Å²) < 4.78 is 0. The van der Waals surface area contributed by atoms with E-state index in [2.05, 4.69) is 31.0 Å². The van der Waals surface area contributed by atoms with Crippen LogP contribution in [0.25, 0.3) is 0 Å². The first kappa shape index (κ1) is 11.5. The van der Waals surface area contributed by atoms with Gasteiger partial charge >= 0.3 is 0 Å². The Morgan fingerprint density at radius 1 is 1.31 bits per heavy atom. The number of anilines is 1. The molecule has 1 aliphatic rings. The highest BCUT2D eigenvalue weighted by Gasteiger charge is 2.19. The van der Waals surface area contributed by atoms with Crippen molar-refractivity contribution < 1.29 is 0 Å². The van der Waals surface area contributed by atoms with Crippen LogP contribution in [0.5, 0.6) is 0 Å². The van der Waals surface area contributed by atoms with Gasteiger partial charge in [-0.3, -0.25) is 4.90 Å². The fourth-order valence-corrected chi connectivity index (χ4v) is 2.62. The maximum atomic E-state index is 5.93. The summed E-state index contributed by atoms with van der Waals surface area (Å²) in [5.41, 5.74) is 9.46. The Labute approximate surface area is 98.4 Å². The molecule has 0 spiro atoms. The van der Waals surface area contributed by atoms with E-state index < -0.39 is 0 Å². The maximum absolute atomic E-state index is 5.93. The molecule has 88 valence electrons. The second kappa shape index (κ2) is 4.88. The Bertz CT molecular complexity index is 354. The third kappa shape index (κ3) is 2.38. The van der Waals surface area contributed by atoms with Gasteiger partial charge in [-0.1, -0.05) is 25.0 Å². The largest absolute Gasteiger partial charge is 0.399 e. The maximum Gasteiger partial charge on any atom is 0.0346 e. The van der Waals surface area contributed by atoms with Crippen molar-refractivity contribution >= 4 is 5.69 Å². The van der Waals surface area contributed by atoms with Crippen LogP contribution in [0.15, 0.2) is 18.2 Å². The smallest absolute Gasteiger partial charge is 0.0346 e. The van der Waals surface area contributed by atoms with Gasteiger partial charge in [-0.05, 0) is 44.0 Å². The minimum absolute atomic E-state index is 0.779. The molecule has 1 aromatic carbocycles. The van der Waals surface area contributed by atoms with Gasteiger partial charge in [0.2, 0.25) is 0 Å². The zero-order valence-electron chi connectivity index (χ0n) is 10.4. The predicted molar refractivity (Wildman–Crippen MR) is 69.3 cm³/mol. The Hall–Kier alpha value is -1.02. The van der Waals surface area contributed by atoms with Crippen molar-refractivity contribution in [2.24, 2.45) is 0 Å². The fraction of sp³-hybridized carbons (Fsp3) is 0.571. The van der Waals surface area contributed by atoms with Gasteiger partial charge in [0.25, 0.3) is 0 Å². The molecule has 1 saturated carbocycles. The minimum atomic E-state index is 0.779. The molecule has 0 aromatic heterocycles. The highest BCUT2D eigenvalue weighted by Crippen LogP contribution is 2.25. The van der Waals surface area contributed by atoms with Crippen LogP contribution < -0.4 is 5.73 Å². The second-order valence-electron chi connectivity index (χ2n) is 4.98. The highest BCUT2D eigenvalue weighted by atomic mass is 15.1. The zero-order valence-corrected chi connectivity index (χ0v) is 10.4. The molecule has 2 nitrogen and oxygen atoms in total. The molecular formula is C14H22N2. The van der Waals surface area contributed by atoms with E-state index in [1.165, 1.54) is 36.8 Å². The molecule has 0 aliphatic heterocycles. The quantitative estimate of drug-likeness (QED) is 0.790. The van der Waals surface area contributed by atoms with E-state index in [1.54, 1.807) is 0 Å². The number of hydrogen-bond donors (Lipinski definition) is 1. The second-order valence-corrected chi connectivity index (χ2v) is 4.98. The Morgan fingerprint density at radius 2 is 2.00 bits per heavy atom. The van der Waals surface area contributed by atoms with Gasteiger partial charge in [0.05, 0.1) is 0 Å². The molecule has 2 rings (SSSR count). The van der Waals surface area contributed by atoms with E-state index in [1.807, 2.05) is 6.07 Å². The molecule has 2 heteroatoms. The SMILES string of the molecule is Cc1c(N)cccc1CN(C)C1CCCC1. The Balaban J connectivity index is 2.05. The van der Waals surface area contributed by atoms with E-state index in [0.29, 0.717) is 0 Å². The molecule has 1 fully saturated rings. The first-order valence-electron chi connectivity index (χ1n) is 6.22. The van der Waals surface area contributed by atoms with Crippen LogP contribution in [0.3, 0.4) is 0 Å². The van der Waals surface area contributed by atoms with Crippen molar-refractivity contribution in [3.63, 3.8) is 0 Å². The fourth-order valence-electron chi connectivity index (χ4n) is 2.62. The summed E-state index contributed by atoms with van der Waals surface area (Å²) in [5.74, 6) is 0. The van der Waals surface area contributed by atoms with E-state index in [9.17, 15) is 0 Å². The minimum Gasteiger partial charge on any atom is -0.399 e. The molecule has 1 aliphatic carbocycles. The van der Waals surface area contributed by atoms with Crippen molar-refractivity contribution in [2.45, 2.75) is 45.2 Å². The molecule has 0 heterocycles. The lowest BCUT2D eigenvalue weighted by Gasteiger charge is -2.25. The van der Waals surface area contributed by atoms with Gasteiger partial charge in [-0.15, -0.1) is 0 Å². The van der Waals surface area contributed by atoms with E-state index in [4.69, 9.17) is 5.73 Å². The monoisotopic (exact) mass is 218 g/mol. The van der Waals surface area contributed by atoms with E-state index >= 15 is 0 Å². The first-order valence-corrected chi connectivity index (χ1v) is 6.22. The van der Waals surface area contributed by atoms with Crippen LogP contribution >= 0.6 is 0 Å². The predicted octanol–water partition coefficient (Wildman–Crippen LogP) is 2.95. The van der Waals surface area contributed by atoms with Gasteiger partial charge in [0.15, 0.2) is 0 Å². The molecular weight excluding hydrogens is 196 g/mol. The third-order valence-electron chi connectivity index (χ3n) is 3.86. The standard InChI is InChI=1S/C14H22N2/c1-11-12(6-5-9-14(11)15)10-16(2)13-7-3-4-8-13/h5-6,9,13H,3-4,7-8,10,15H2,1-2H3. The number of nitrogens with two attached hydrogens (primary N) is 1. The van der Waals surface area contributed by atoms with E-state index in [-0.39, 0.29) is 0 Å². The van der Waals surface area contributed by atoms with Crippen LogP contribution in [0, 0.1) is 6.92 Å². The summed E-state index contributed by atoms with van der Waals surface area (Å²) in [4.78, 5) is 2.48. The van der Waals surface area contributed by atoms with Gasteiger partial charge in [-0.25, -0.2) is 0 Å². The summed E-state index contributed by atoms with van der Waals surface area (Å²) in [6, 6.07) is 7.01. The molecule has 16 heavy (non-hydrogen) atoms. The lowest BCUT2D eigenvalue weighted by atomic mass is 10.1. The summed E-state index contributed by atoms with van der Waals surface area (Å²) in [6.45, 7) is 3.15. The lowest BCUT2D eigenvalue weighted by molar-refractivity contribution is 0.237. The number of nitrogen functional groups attached to an aromatic ring is 1. The van der Waals surface area contributed by atoms with Crippen molar-refractivity contribution in [3.8, 4) is 0 Å². The summed E-state index contributed by atoms with van der Waals surface area (Å²) >= 11 is 0. The lowest BCUT2D eigenvalue weighted by Crippen LogP contribution is -2.28. The molecule has 0 saturated heterocycles. The molecule has 0 atom stereocenters. The van der Waals surface area contributed by atoms with Crippen LogP contribution in [0.1, 0.15) is 36.8 Å². The summed E-state index contributed by atoms with van der Waals surface area (Å²) in [5, 5.41) is 0. The molecule has 2 N–H and O–H groups in total. The molecule has 0 radical (unpaired) electrons. The Morgan fingerprint density at radius 3 is 2.69 bits per heavy atom. The van der Waals surface area contributed by atoms with Gasteiger partial charge in [0, 0.05) is 18.3 Å². The van der Waals surface area contributed by atoms with Gasteiger partial charge < -0.3 is 5.73 Å². The molecule has 1 aromatic rings. The summed E-state index contributed by atoms with van der Waals surface area (Å²) in [6.07, 6.45) is 5.51. The van der Waals surface area contributed by atoms with Crippen molar-refractivity contribution in [2.75, 3.05) is 12.8 Å². The van der Waals surface area contributed by atoms with Crippen LogP contribution in [-0.4, -0.2) is 18.0 Å². The van der Waals surface area contributed by atoms with E-state index in [0.717, 1.165) is 18.3 Å². The first-order chi connectivity index (χ1) is 7.68. The van der Waals surface area contributed by atoms with Gasteiger partial charge in [0.1, 0.15) is 0 Å². The van der Waals surface area contributed by atoms with Crippen LogP contribution in [0.4, 0.5) is 5.69 Å². The van der Waals surface area contributed by atoms with Crippen LogP contribution in [-0.2, 0) is 6.54 Å². The number of nitrogens with zero attached hydrogens (tertiary/aromatic N) is 1. The highest BCUT2D eigenvalue weighted by molar-refractivity contribution is 5.49. The van der Waals surface area contributed by atoms with Crippen molar-refractivity contribution in [1.29, 1.82) is 0 Å². The number of hydrogen-bond acceptors (Lipinski definition) is 2. The average molecular weight is 218 g/mol. The summed E-state index contributed by atoms with van der Waals surface area (Å²) in [7, 11) is 2.23. The zero-order chi connectivity index (χ0) is 11.5. The third-order valence-corrected chi connectivity index (χ3v) is 3.86. The normalized spacial score (nSPS) is 17.2. The topological polar surface area (TPSA) is 29.3 Å². The Kier molecular flexibility index (Phi) is 3.49. The van der Waals surface area contributed by atoms with Crippen LogP contribution in [0.2, 0.25) is 0 Å². The number of rotatable bonds is 3. The molecule has 0 unspecified atom stereocenters. The molecule has 0 bridgehead atoms. The average Bonchev–Trinajstić information content (AvgIpc) is 2.78. The number of benzene rings is 1. The van der Waals surface area contributed by atoms with Crippen molar-refractivity contribution in [3.05, 3.63) is 29.3 Å². The molecule has 0 amide bonds. The van der Waals surface area contributed by atoms with Crippen molar-refractivity contribution in [1.82, 2.24) is 4.90 Å².